The maximum atomic E-state index is 12.9. The van der Waals surface area contributed by atoms with Crippen LogP contribution in [0.15, 0.2) is 18.2 Å². The molecular formula is C23H40N4O3. The highest BCUT2D eigenvalue weighted by molar-refractivity contribution is 5.90. The molecule has 0 atom stereocenters. The van der Waals surface area contributed by atoms with E-state index in [2.05, 4.69) is 31.4 Å². The van der Waals surface area contributed by atoms with Crippen LogP contribution in [0.3, 0.4) is 0 Å². The first-order valence-electron chi connectivity index (χ1n) is 10.4. The van der Waals surface area contributed by atoms with E-state index in [1.807, 2.05) is 62.9 Å². The molecule has 170 valence electrons. The fourth-order valence-corrected chi connectivity index (χ4v) is 2.99. The third-order valence-electron chi connectivity index (χ3n) is 4.27. The molecule has 0 heterocycles. The van der Waals surface area contributed by atoms with Crippen LogP contribution in [0.1, 0.15) is 53.5 Å². The van der Waals surface area contributed by atoms with Crippen LogP contribution in [0.2, 0.25) is 0 Å². The van der Waals surface area contributed by atoms with E-state index in [9.17, 15) is 9.59 Å². The fraction of sp³-hybridized carbons (Fsp3) is 0.652. The largest absolute Gasteiger partial charge is 0.383 e. The standard InChI is InChI=1S/C23H40N4O3/c1-22(2,3)15-20(28)27(12-13-30-9)16-17-14-18(10-11-19(17)26(7)8)24-21(29)25-23(4,5)6/h10-11,14H,12-13,15-16H2,1-9H3,(H2,24,25,29). The number of methoxy groups -OCH3 is 1. The topological polar surface area (TPSA) is 73.9 Å². The van der Waals surface area contributed by atoms with E-state index in [1.54, 1.807) is 7.11 Å². The molecule has 0 aliphatic rings. The number of urea groups is 1. The van der Waals surface area contributed by atoms with Crippen LogP contribution < -0.4 is 15.5 Å². The molecule has 0 saturated carbocycles. The van der Waals surface area contributed by atoms with Crippen molar-refractivity contribution in [3.8, 4) is 0 Å². The van der Waals surface area contributed by atoms with Crippen LogP contribution in [0.5, 0.6) is 0 Å². The van der Waals surface area contributed by atoms with Crippen LogP contribution >= 0.6 is 0 Å². The molecule has 7 heteroatoms. The number of ether oxygens (including phenoxy) is 1. The summed E-state index contributed by atoms with van der Waals surface area (Å²) < 4.78 is 5.22. The van der Waals surface area contributed by atoms with Crippen molar-refractivity contribution in [1.29, 1.82) is 0 Å². The molecule has 0 aromatic heterocycles. The van der Waals surface area contributed by atoms with Gasteiger partial charge in [-0.2, -0.15) is 0 Å². The van der Waals surface area contributed by atoms with Crippen LogP contribution in [0, 0.1) is 5.41 Å². The van der Waals surface area contributed by atoms with Crippen molar-refractivity contribution >= 4 is 23.3 Å². The number of hydrogen-bond donors (Lipinski definition) is 2. The van der Waals surface area contributed by atoms with E-state index in [1.165, 1.54) is 0 Å². The maximum Gasteiger partial charge on any atom is 0.319 e. The second-order valence-corrected chi connectivity index (χ2v) is 10.1. The summed E-state index contributed by atoms with van der Waals surface area (Å²) in [6.45, 7) is 13.4. The first-order valence-corrected chi connectivity index (χ1v) is 10.4. The van der Waals surface area contributed by atoms with Gasteiger partial charge in [0.15, 0.2) is 0 Å². The van der Waals surface area contributed by atoms with E-state index < -0.39 is 0 Å². The molecule has 0 unspecified atom stereocenters. The van der Waals surface area contributed by atoms with Crippen molar-refractivity contribution < 1.29 is 14.3 Å². The third kappa shape index (κ3) is 9.48. The lowest BCUT2D eigenvalue weighted by molar-refractivity contribution is -0.134. The highest BCUT2D eigenvalue weighted by Crippen LogP contribution is 2.26. The Morgan fingerprint density at radius 1 is 1.07 bits per heavy atom. The Hall–Kier alpha value is -2.28. The van der Waals surface area contributed by atoms with Gasteiger partial charge in [0.25, 0.3) is 0 Å². The van der Waals surface area contributed by atoms with Gasteiger partial charge >= 0.3 is 6.03 Å². The van der Waals surface area contributed by atoms with Crippen molar-refractivity contribution in [3.05, 3.63) is 23.8 Å². The number of amides is 3. The van der Waals surface area contributed by atoms with Crippen molar-refractivity contribution in [3.63, 3.8) is 0 Å². The van der Waals surface area contributed by atoms with Gasteiger partial charge in [0, 0.05) is 57.6 Å². The van der Waals surface area contributed by atoms with Crippen LogP contribution in [-0.2, 0) is 16.1 Å². The minimum atomic E-state index is -0.327. The molecule has 3 amide bonds. The number of nitrogens with one attached hydrogen (secondary N) is 2. The molecule has 0 radical (unpaired) electrons. The molecule has 0 saturated heterocycles. The summed E-state index contributed by atoms with van der Waals surface area (Å²) in [5.74, 6) is 0.0908. The van der Waals surface area contributed by atoms with Crippen molar-refractivity contribution in [2.45, 2.75) is 60.0 Å². The molecule has 30 heavy (non-hydrogen) atoms. The van der Waals surface area contributed by atoms with E-state index >= 15 is 0 Å². The number of benzene rings is 1. The summed E-state index contributed by atoms with van der Waals surface area (Å²) in [6, 6.07) is 5.51. The van der Waals surface area contributed by atoms with E-state index in [0.717, 1.165) is 11.3 Å². The average Bonchev–Trinajstić information content (AvgIpc) is 2.55. The second-order valence-electron chi connectivity index (χ2n) is 10.1. The zero-order valence-corrected chi connectivity index (χ0v) is 20.2. The predicted molar refractivity (Wildman–Crippen MR) is 124 cm³/mol. The molecule has 0 aliphatic carbocycles. The van der Waals surface area contributed by atoms with Gasteiger partial charge in [0.2, 0.25) is 5.91 Å². The Labute approximate surface area is 182 Å². The minimum absolute atomic E-state index is 0.0908. The van der Waals surface area contributed by atoms with Crippen LogP contribution in [-0.4, -0.2) is 56.7 Å². The van der Waals surface area contributed by atoms with Crippen LogP contribution in [0.25, 0.3) is 0 Å². The monoisotopic (exact) mass is 420 g/mol. The minimum Gasteiger partial charge on any atom is -0.383 e. The molecule has 7 nitrogen and oxygen atoms in total. The van der Waals surface area contributed by atoms with Gasteiger partial charge in [-0.25, -0.2) is 4.79 Å². The molecular weight excluding hydrogens is 380 g/mol. The summed E-state index contributed by atoms with van der Waals surface area (Å²) in [5.41, 5.74) is 2.23. The van der Waals surface area contributed by atoms with E-state index in [4.69, 9.17) is 4.74 Å². The normalized spacial score (nSPS) is 11.8. The Kier molecular flexibility index (Phi) is 9.15. The Bertz CT molecular complexity index is 718. The lowest BCUT2D eigenvalue weighted by Gasteiger charge is -2.29. The molecule has 1 rings (SSSR count). The molecule has 0 aliphatic heterocycles. The van der Waals surface area contributed by atoms with Gasteiger partial charge in [0.1, 0.15) is 0 Å². The summed E-state index contributed by atoms with van der Waals surface area (Å²) in [5, 5.41) is 5.79. The van der Waals surface area contributed by atoms with Gasteiger partial charge in [0.05, 0.1) is 6.61 Å². The maximum absolute atomic E-state index is 12.9. The first kappa shape index (κ1) is 25.8. The predicted octanol–water partition coefficient (Wildman–Crippen LogP) is 4.08. The van der Waals surface area contributed by atoms with Gasteiger partial charge in [-0.3, -0.25) is 4.79 Å². The van der Waals surface area contributed by atoms with E-state index in [-0.39, 0.29) is 22.9 Å². The molecule has 1 aromatic rings. The molecule has 0 fully saturated rings. The smallest absolute Gasteiger partial charge is 0.319 e. The Morgan fingerprint density at radius 2 is 1.70 bits per heavy atom. The SMILES string of the molecule is COCCN(Cc1cc(NC(=O)NC(C)(C)C)ccc1N(C)C)C(=O)CC(C)(C)C. The number of nitrogens with zero attached hydrogens (tertiary/aromatic N) is 2. The number of carbonyl (C=O) groups excluding carboxylic acids is 2. The van der Waals surface area contributed by atoms with Crippen LogP contribution in [0.4, 0.5) is 16.2 Å². The summed E-state index contributed by atoms with van der Waals surface area (Å²) >= 11 is 0. The van der Waals surface area contributed by atoms with Gasteiger partial charge < -0.3 is 25.2 Å². The van der Waals surface area contributed by atoms with Gasteiger partial charge in [-0.15, -0.1) is 0 Å². The van der Waals surface area contributed by atoms with Crippen molar-refractivity contribution in [2.24, 2.45) is 5.41 Å². The zero-order valence-electron chi connectivity index (χ0n) is 20.2. The summed E-state index contributed by atoms with van der Waals surface area (Å²) in [6.07, 6.45) is 0.458. The highest BCUT2D eigenvalue weighted by Gasteiger charge is 2.23. The second kappa shape index (κ2) is 10.7. The van der Waals surface area contributed by atoms with Crippen molar-refractivity contribution in [2.75, 3.05) is 44.6 Å². The quantitative estimate of drug-likeness (QED) is 0.664. The number of anilines is 2. The first-order chi connectivity index (χ1) is 13.7. The lowest BCUT2D eigenvalue weighted by Crippen LogP contribution is -2.43. The average molecular weight is 421 g/mol. The Morgan fingerprint density at radius 3 is 2.20 bits per heavy atom. The molecule has 2 N–H and O–H groups in total. The van der Waals surface area contributed by atoms with Crippen molar-refractivity contribution in [1.82, 2.24) is 10.2 Å². The fourth-order valence-electron chi connectivity index (χ4n) is 2.99. The summed E-state index contributed by atoms with van der Waals surface area (Å²) in [4.78, 5) is 29.1. The van der Waals surface area contributed by atoms with E-state index in [0.29, 0.717) is 31.8 Å². The number of carbonyl (C=O) groups is 2. The Balaban J connectivity index is 3.14. The lowest BCUT2D eigenvalue weighted by atomic mass is 9.91. The molecule has 1 aromatic carbocycles. The number of rotatable bonds is 8. The molecule has 0 bridgehead atoms. The molecule has 0 spiro atoms. The van der Waals surface area contributed by atoms with Gasteiger partial charge in [-0.1, -0.05) is 20.8 Å². The van der Waals surface area contributed by atoms with Gasteiger partial charge in [-0.05, 0) is 49.9 Å². The summed E-state index contributed by atoms with van der Waals surface area (Å²) in [7, 11) is 5.57. The zero-order chi connectivity index (χ0) is 23.1. The number of hydrogen-bond acceptors (Lipinski definition) is 4. The highest BCUT2D eigenvalue weighted by atomic mass is 16.5. The third-order valence-corrected chi connectivity index (χ3v) is 4.27.